The number of benzene rings is 1. The van der Waals surface area contributed by atoms with Crippen molar-refractivity contribution in [1.82, 2.24) is 0 Å². The molecule has 1 N–H and O–H groups in total. The second-order valence-electron chi connectivity index (χ2n) is 2.96. The van der Waals surface area contributed by atoms with E-state index in [1.807, 2.05) is 0 Å². The molecule has 0 aliphatic heterocycles. The highest BCUT2D eigenvalue weighted by atomic mass is 79.9. The average molecular weight is 283 g/mol. The van der Waals surface area contributed by atoms with Gasteiger partial charge in [0.25, 0.3) is 0 Å². The van der Waals surface area contributed by atoms with Gasteiger partial charge in [-0.15, -0.1) is 0 Å². The molecular weight excluding hydrogens is 272 g/mol. The number of hydrogen-bond acceptors (Lipinski definition) is 3. The number of carbonyl (C=O) groups excluding carboxylic acids is 1. The van der Waals surface area contributed by atoms with Crippen molar-refractivity contribution in [3.8, 4) is 11.8 Å². The molecular formula is C12H11BrO3. The van der Waals surface area contributed by atoms with Gasteiger partial charge < -0.3 is 9.84 Å². The molecule has 0 fully saturated rings. The van der Waals surface area contributed by atoms with E-state index >= 15 is 0 Å². The lowest BCUT2D eigenvalue weighted by atomic mass is 10.1. The molecule has 3 nitrogen and oxygen atoms in total. The molecule has 0 saturated heterocycles. The smallest absolute Gasteiger partial charge is 0.337 e. The van der Waals surface area contributed by atoms with Gasteiger partial charge in [0.2, 0.25) is 0 Å². The van der Waals surface area contributed by atoms with Crippen LogP contribution in [0, 0.1) is 11.8 Å². The summed E-state index contributed by atoms with van der Waals surface area (Å²) in [6.45, 7) is 0.0465. The number of hydrogen-bond donors (Lipinski definition) is 1. The van der Waals surface area contributed by atoms with Gasteiger partial charge in [0.05, 0.1) is 19.3 Å². The van der Waals surface area contributed by atoms with Crippen LogP contribution in [0.15, 0.2) is 22.7 Å². The molecule has 16 heavy (non-hydrogen) atoms. The number of aliphatic hydroxyl groups is 1. The van der Waals surface area contributed by atoms with Crippen molar-refractivity contribution in [2.24, 2.45) is 0 Å². The number of aliphatic hydroxyl groups excluding tert-OH is 1. The first kappa shape index (κ1) is 12.8. The van der Waals surface area contributed by atoms with Gasteiger partial charge in [-0.05, 0) is 34.1 Å². The largest absolute Gasteiger partial charge is 0.465 e. The van der Waals surface area contributed by atoms with Gasteiger partial charge in [-0.3, -0.25) is 0 Å². The summed E-state index contributed by atoms with van der Waals surface area (Å²) in [4.78, 5) is 11.2. The Hall–Kier alpha value is -1.31. The van der Waals surface area contributed by atoms with Crippen LogP contribution >= 0.6 is 15.9 Å². The lowest BCUT2D eigenvalue weighted by molar-refractivity contribution is 0.0600. The number of ether oxygens (including phenoxy) is 1. The minimum atomic E-state index is -0.379. The zero-order valence-electron chi connectivity index (χ0n) is 8.79. The van der Waals surface area contributed by atoms with Crippen LogP contribution < -0.4 is 0 Å². The summed E-state index contributed by atoms with van der Waals surface area (Å²) in [6.07, 6.45) is 0.436. The first-order valence-corrected chi connectivity index (χ1v) is 5.46. The Morgan fingerprint density at radius 2 is 2.31 bits per heavy atom. The second-order valence-corrected chi connectivity index (χ2v) is 3.82. The van der Waals surface area contributed by atoms with Crippen molar-refractivity contribution in [2.75, 3.05) is 13.7 Å². The van der Waals surface area contributed by atoms with E-state index in [0.29, 0.717) is 12.0 Å². The summed E-state index contributed by atoms with van der Waals surface area (Å²) in [5.41, 5.74) is 1.25. The molecule has 84 valence electrons. The Balaban J connectivity index is 2.93. The molecule has 0 aliphatic rings. The number of methoxy groups -OCH3 is 1. The standard InChI is InChI=1S/C12H11BrO3/c1-16-12(15)10-6-5-9(11(13)8-10)4-2-3-7-14/h5-6,8,14H,3,7H2,1H3. The van der Waals surface area contributed by atoms with Crippen molar-refractivity contribution in [3.63, 3.8) is 0 Å². The summed E-state index contributed by atoms with van der Waals surface area (Å²) in [6, 6.07) is 5.05. The maximum Gasteiger partial charge on any atom is 0.337 e. The fourth-order valence-electron chi connectivity index (χ4n) is 1.07. The molecule has 1 aromatic carbocycles. The lowest BCUT2D eigenvalue weighted by Crippen LogP contribution is -2.01. The highest BCUT2D eigenvalue weighted by Gasteiger charge is 2.06. The minimum absolute atomic E-state index is 0.0465. The molecule has 0 saturated carbocycles. The third kappa shape index (κ3) is 3.37. The third-order valence-corrected chi connectivity index (χ3v) is 2.51. The van der Waals surface area contributed by atoms with Gasteiger partial charge in [-0.25, -0.2) is 4.79 Å². The van der Waals surface area contributed by atoms with Crippen molar-refractivity contribution in [1.29, 1.82) is 0 Å². The van der Waals surface area contributed by atoms with Crippen LogP contribution in [0.4, 0.5) is 0 Å². The van der Waals surface area contributed by atoms with E-state index in [1.165, 1.54) is 7.11 Å². The molecule has 0 radical (unpaired) electrons. The van der Waals surface area contributed by atoms with Crippen LogP contribution in [0.5, 0.6) is 0 Å². The van der Waals surface area contributed by atoms with Gasteiger partial charge in [-0.1, -0.05) is 11.8 Å². The summed E-state index contributed by atoms with van der Waals surface area (Å²) >= 11 is 3.32. The van der Waals surface area contributed by atoms with Gasteiger partial charge in [0, 0.05) is 16.5 Å². The molecule has 0 spiro atoms. The van der Waals surface area contributed by atoms with E-state index < -0.39 is 0 Å². The SMILES string of the molecule is COC(=O)c1ccc(C#CCCO)c(Br)c1. The number of halogens is 1. The molecule has 0 amide bonds. The molecule has 0 heterocycles. The van der Waals surface area contributed by atoms with Crippen LogP contribution in [-0.4, -0.2) is 24.8 Å². The topological polar surface area (TPSA) is 46.5 Å². The third-order valence-electron chi connectivity index (χ3n) is 1.85. The number of rotatable bonds is 2. The fourth-order valence-corrected chi connectivity index (χ4v) is 1.55. The summed E-state index contributed by atoms with van der Waals surface area (Å²) < 4.78 is 5.34. The highest BCUT2D eigenvalue weighted by molar-refractivity contribution is 9.10. The van der Waals surface area contributed by atoms with E-state index in [-0.39, 0.29) is 12.6 Å². The van der Waals surface area contributed by atoms with E-state index in [4.69, 9.17) is 5.11 Å². The van der Waals surface area contributed by atoms with Gasteiger partial charge in [0.15, 0.2) is 0 Å². The maximum atomic E-state index is 11.2. The molecule has 0 unspecified atom stereocenters. The minimum Gasteiger partial charge on any atom is -0.465 e. The van der Waals surface area contributed by atoms with Crippen LogP contribution in [0.2, 0.25) is 0 Å². The van der Waals surface area contributed by atoms with E-state index in [0.717, 1.165) is 10.0 Å². The van der Waals surface area contributed by atoms with E-state index in [2.05, 4.69) is 32.5 Å². The first-order chi connectivity index (χ1) is 7.69. The van der Waals surface area contributed by atoms with Crippen LogP contribution in [-0.2, 0) is 4.74 Å². The predicted molar refractivity (Wildman–Crippen MR) is 64.1 cm³/mol. The molecule has 0 atom stereocenters. The van der Waals surface area contributed by atoms with Gasteiger partial charge in [-0.2, -0.15) is 0 Å². The number of esters is 1. The van der Waals surface area contributed by atoms with Crippen molar-refractivity contribution < 1.29 is 14.6 Å². The number of carbonyl (C=O) groups is 1. The molecule has 0 aromatic heterocycles. The molecule has 4 heteroatoms. The van der Waals surface area contributed by atoms with E-state index in [9.17, 15) is 4.79 Å². The van der Waals surface area contributed by atoms with Crippen molar-refractivity contribution >= 4 is 21.9 Å². The highest BCUT2D eigenvalue weighted by Crippen LogP contribution is 2.18. The molecule has 0 bridgehead atoms. The monoisotopic (exact) mass is 282 g/mol. The lowest BCUT2D eigenvalue weighted by Gasteiger charge is -2.01. The van der Waals surface area contributed by atoms with Gasteiger partial charge in [0.1, 0.15) is 0 Å². The fraction of sp³-hybridized carbons (Fsp3) is 0.250. The summed E-state index contributed by atoms with van der Waals surface area (Å²) in [5.74, 6) is 5.32. The maximum absolute atomic E-state index is 11.2. The van der Waals surface area contributed by atoms with Crippen molar-refractivity contribution in [3.05, 3.63) is 33.8 Å². The zero-order chi connectivity index (χ0) is 12.0. The Kier molecular flexibility index (Phi) is 5.03. The van der Waals surface area contributed by atoms with E-state index in [1.54, 1.807) is 18.2 Å². The Bertz CT molecular complexity index is 443. The van der Waals surface area contributed by atoms with Crippen LogP contribution in [0.25, 0.3) is 0 Å². The average Bonchev–Trinajstić information content (AvgIpc) is 2.30. The summed E-state index contributed by atoms with van der Waals surface area (Å²) in [7, 11) is 1.34. The Labute approximate surface area is 103 Å². The molecule has 0 aliphatic carbocycles. The van der Waals surface area contributed by atoms with Gasteiger partial charge >= 0.3 is 5.97 Å². The molecule has 1 aromatic rings. The molecule has 1 rings (SSSR count). The van der Waals surface area contributed by atoms with Crippen molar-refractivity contribution in [2.45, 2.75) is 6.42 Å². The Morgan fingerprint density at radius 1 is 1.56 bits per heavy atom. The first-order valence-electron chi connectivity index (χ1n) is 4.66. The van der Waals surface area contributed by atoms with Crippen LogP contribution in [0.1, 0.15) is 22.3 Å². The quantitative estimate of drug-likeness (QED) is 0.666. The zero-order valence-corrected chi connectivity index (χ0v) is 10.4. The summed E-state index contributed by atoms with van der Waals surface area (Å²) in [5, 5.41) is 8.59. The van der Waals surface area contributed by atoms with Crippen LogP contribution in [0.3, 0.4) is 0 Å². The normalized spacial score (nSPS) is 9.19. The Morgan fingerprint density at radius 3 is 2.88 bits per heavy atom. The predicted octanol–water partition coefficient (Wildman–Crippen LogP) is 1.97. The second kappa shape index (κ2) is 6.31.